The molecule has 8 heteroatoms. The molecule has 0 saturated carbocycles. The average Bonchev–Trinajstić information content (AvgIpc) is 2.60. The van der Waals surface area contributed by atoms with Gasteiger partial charge in [0.05, 0.1) is 44.8 Å². The van der Waals surface area contributed by atoms with Gasteiger partial charge in [0.1, 0.15) is 13.1 Å². The van der Waals surface area contributed by atoms with Crippen LogP contribution in [0.15, 0.2) is 36.9 Å². The van der Waals surface area contributed by atoms with Crippen molar-refractivity contribution in [3.05, 3.63) is 42.5 Å². The molecule has 0 radical (unpaired) electrons. The Morgan fingerprint density at radius 2 is 1.96 bits per heavy atom. The molecule has 1 aliphatic heterocycles. The molecule has 1 fully saturated rings. The highest BCUT2D eigenvalue weighted by Crippen LogP contribution is 2.18. The number of amides is 1. The molecule has 138 valence electrons. The summed E-state index contributed by atoms with van der Waals surface area (Å²) in [5.74, 6) is -0.158. The van der Waals surface area contributed by atoms with Crippen LogP contribution in [-0.2, 0) is 14.8 Å². The molecule has 1 heterocycles. The summed E-state index contributed by atoms with van der Waals surface area (Å²) >= 11 is 0. The number of hydrogen-bond acceptors (Lipinski definition) is 4. The highest BCUT2D eigenvalue weighted by molar-refractivity contribution is 7.92. The third-order valence-corrected chi connectivity index (χ3v) is 5.24. The number of carbonyl (C=O) groups excluding carboxylic acids is 1. The maximum atomic E-state index is 12.2. The first kappa shape index (κ1) is 19.4. The van der Waals surface area contributed by atoms with Gasteiger partial charge in [0.25, 0.3) is 5.91 Å². The largest absolute Gasteiger partial charge is 0.370 e. The SMILES string of the molecule is C=CCN(c1ccc(C(=O)NCC[NH+]2CCOCC2)cc1)S(C)(=O)=O. The molecule has 0 aromatic heterocycles. The molecular weight excluding hydrogens is 342 g/mol. The van der Waals surface area contributed by atoms with Gasteiger partial charge in [0.2, 0.25) is 10.0 Å². The summed E-state index contributed by atoms with van der Waals surface area (Å²) < 4.78 is 30.2. The summed E-state index contributed by atoms with van der Waals surface area (Å²) in [6, 6.07) is 6.53. The van der Waals surface area contributed by atoms with E-state index in [1.807, 2.05) is 0 Å². The summed E-state index contributed by atoms with van der Waals surface area (Å²) in [4.78, 5) is 13.6. The fourth-order valence-corrected chi connectivity index (χ4v) is 3.57. The molecule has 7 nitrogen and oxygen atoms in total. The zero-order valence-electron chi connectivity index (χ0n) is 14.5. The van der Waals surface area contributed by atoms with Gasteiger partial charge in [-0.05, 0) is 24.3 Å². The normalized spacial score (nSPS) is 15.6. The molecule has 2 N–H and O–H groups in total. The van der Waals surface area contributed by atoms with E-state index in [4.69, 9.17) is 4.74 Å². The second-order valence-corrected chi connectivity index (χ2v) is 7.90. The van der Waals surface area contributed by atoms with Gasteiger partial charge in [-0.2, -0.15) is 0 Å². The van der Waals surface area contributed by atoms with Gasteiger partial charge < -0.3 is 15.0 Å². The van der Waals surface area contributed by atoms with Crippen LogP contribution in [0.4, 0.5) is 5.69 Å². The van der Waals surface area contributed by atoms with Gasteiger partial charge >= 0.3 is 0 Å². The number of carbonyl (C=O) groups is 1. The van der Waals surface area contributed by atoms with Crippen molar-refractivity contribution in [2.24, 2.45) is 0 Å². The fraction of sp³-hybridized carbons (Fsp3) is 0.471. The van der Waals surface area contributed by atoms with E-state index in [1.165, 1.54) is 15.3 Å². The van der Waals surface area contributed by atoms with Gasteiger partial charge in [-0.3, -0.25) is 9.10 Å². The van der Waals surface area contributed by atoms with E-state index in [9.17, 15) is 13.2 Å². The molecule has 0 spiro atoms. The molecule has 25 heavy (non-hydrogen) atoms. The first-order valence-corrected chi connectivity index (χ1v) is 10.1. The summed E-state index contributed by atoms with van der Waals surface area (Å²) in [5, 5.41) is 2.90. The van der Waals surface area contributed by atoms with Crippen LogP contribution >= 0.6 is 0 Å². The predicted octanol–water partition coefficient (Wildman–Crippen LogP) is -0.716. The van der Waals surface area contributed by atoms with Crippen LogP contribution in [-0.4, -0.2) is 66.5 Å². The molecule has 1 aromatic rings. The predicted molar refractivity (Wildman–Crippen MR) is 97.5 cm³/mol. The number of nitrogens with zero attached hydrogens (tertiary/aromatic N) is 1. The third-order valence-electron chi connectivity index (χ3n) is 4.08. The molecule has 0 unspecified atom stereocenters. The maximum Gasteiger partial charge on any atom is 0.251 e. The minimum atomic E-state index is -3.39. The number of anilines is 1. The molecule has 0 atom stereocenters. The minimum absolute atomic E-state index is 0.158. The lowest BCUT2D eigenvalue weighted by atomic mass is 10.2. The Morgan fingerprint density at radius 1 is 1.32 bits per heavy atom. The lowest BCUT2D eigenvalue weighted by Crippen LogP contribution is -3.14. The van der Waals surface area contributed by atoms with Crippen molar-refractivity contribution in [1.29, 1.82) is 0 Å². The van der Waals surface area contributed by atoms with Gasteiger partial charge in [0.15, 0.2) is 0 Å². The van der Waals surface area contributed by atoms with Crippen molar-refractivity contribution in [3.8, 4) is 0 Å². The van der Waals surface area contributed by atoms with Crippen LogP contribution in [0.25, 0.3) is 0 Å². The lowest BCUT2D eigenvalue weighted by Gasteiger charge is -2.23. The van der Waals surface area contributed by atoms with E-state index in [0.717, 1.165) is 39.1 Å². The number of ether oxygens (including phenoxy) is 1. The first-order chi connectivity index (χ1) is 11.9. The number of benzene rings is 1. The Hall–Kier alpha value is -1.90. The van der Waals surface area contributed by atoms with Gasteiger partial charge in [0, 0.05) is 5.56 Å². The van der Waals surface area contributed by atoms with Crippen molar-refractivity contribution in [2.45, 2.75) is 0 Å². The zero-order valence-corrected chi connectivity index (χ0v) is 15.3. The summed E-state index contributed by atoms with van der Waals surface area (Å²) in [7, 11) is -3.39. The highest BCUT2D eigenvalue weighted by atomic mass is 32.2. The zero-order chi connectivity index (χ0) is 18.3. The van der Waals surface area contributed by atoms with Crippen molar-refractivity contribution in [2.75, 3.05) is 56.5 Å². The Morgan fingerprint density at radius 3 is 2.52 bits per heavy atom. The number of morpholine rings is 1. The molecule has 1 aromatic carbocycles. The Balaban J connectivity index is 1.91. The second-order valence-electron chi connectivity index (χ2n) is 6.00. The number of hydrogen-bond donors (Lipinski definition) is 2. The number of rotatable bonds is 8. The molecule has 0 bridgehead atoms. The summed E-state index contributed by atoms with van der Waals surface area (Å²) in [6.07, 6.45) is 2.67. The van der Waals surface area contributed by atoms with Crippen molar-refractivity contribution in [3.63, 3.8) is 0 Å². The Labute approximate surface area is 149 Å². The van der Waals surface area contributed by atoms with E-state index in [0.29, 0.717) is 17.8 Å². The van der Waals surface area contributed by atoms with Crippen LogP contribution in [0.3, 0.4) is 0 Å². The van der Waals surface area contributed by atoms with Gasteiger partial charge in [-0.1, -0.05) is 6.08 Å². The minimum Gasteiger partial charge on any atom is -0.370 e. The maximum absolute atomic E-state index is 12.2. The van der Waals surface area contributed by atoms with E-state index in [2.05, 4.69) is 11.9 Å². The monoisotopic (exact) mass is 368 g/mol. The first-order valence-electron chi connectivity index (χ1n) is 8.30. The van der Waals surface area contributed by atoms with Gasteiger partial charge in [-0.25, -0.2) is 8.42 Å². The summed E-state index contributed by atoms with van der Waals surface area (Å²) in [5.41, 5.74) is 1.02. The topological polar surface area (TPSA) is 80.2 Å². The second kappa shape index (κ2) is 8.98. The molecule has 2 rings (SSSR count). The van der Waals surface area contributed by atoms with Crippen LogP contribution < -0.4 is 14.5 Å². The van der Waals surface area contributed by atoms with E-state index in [-0.39, 0.29) is 12.5 Å². The molecule has 1 amide bonds. The fourth-order valence-electron chi connectivity index (χ4n) is 2.69. The van der Waals surface area contributed by atoms with E-state index >= 15 is 0 Å². The Kier molecular flexibility index (Phi) is 6.98. The number of quaternary nitrogens is 1. The quantitative estimate of drug-likeness (QED) is 0.594. The molecular formula is C17H26N3O4S+. The Bertz CT molecular complexity index is 682. The van der Waals surface area contributed by atoms with Crippen molar-refractivity contribution in [1.82, 2.24) is 5.32 Å². The highest BCUT2D eigenvalue weighted by Gasteiger charge is 2.17. The van der Waals surface area contributed by atoms with Crippen molar-refractivity contribution < 1.29 is 22.8 Å². The van der Waals surface area contributed by atoms with E-state index < -0.39 is 10.0 Å². The number of sulfonamides is 1. The average molecular weight is 368 g/mol. The van der Waals surface area contributed by atoms with Crippen LogP contribution in [0.5, 0.6) is 0 Å². The van der Waals surface area contributed by atoms with Crippen LogP contribution in [0, 0.1) is 0 Å². The molecule has 1 aliphatic rings. The lowest BCUT2D eigenvalue weighted by molar-refractivity contribution is -0.906. The molecule has 1 saturated heterocycles. The number of nitrogens with one attached hydrogen (secondary N) is 2. The van der Waals surface area contributed by atoms with Gasteiger partial charge in [-0.15, -0.1) is 6.58 Å². The molecule has 0 aliphatic carbocycles. The van der Waals surface area contributed by atoms with Crippen molar-refractivity contribution >= 4 is 21.6 Å². The third kappa shape index (κ3) is 5.84. The standard InChI is InChI=1S/C17H25N3O4S/c1-3-9-20(25(2,22)23)16-6-4-15(5-7-16)17(21)18-8-10-19-11-13-24-14-12-19/h3-7H,1,8-14H2,2H3,(H,18,21)/p+1. The van der Waals surface area contributed by atoms with Crippen LogP contribution in [0.2, 0.25) is 0 Å². The van der Waals surface area contributed by atoms with Crippen LogP contribution in [0.1, 0.15) is 10.4 Å². The summed E-state index contributed by atoms with van der Waals surface area (Å²) in [6.45, 7) is 8.71. The van der Waals surface area contributed by atoms with E-state index in [1.54, 1.807) is 24.3 Å². The smallest absolute Gasteiger partial charge is 0.251 e.